The fraction of sp³-hybridized carbons (Fsp3) is 0.400. The topological polar surface area (TPSA) is 46.6 Å². The van der Waals surface area contributed by atoms with Crippen molar-refractivity contribution in [1.82, 2.24) is 4.90 Å². The van der Waals surface area contributed by atoms with Gasteiger partial charge in [-0.3, -0.25) is 14.5 Å². The van der Waals surface area contributed by atoms with E-state index in [1.54, 1.807) is 11.3 Å². The predicted octanol–water partition coefficient (Wildman–Crippen LogP) is 3.25. The lowest BCUT2D eigenvalue weighted by molar-refractivity contribution is -0.131. The highest BCUT2D eigenvalue weighted by molar-refractivity contribution is 7.27. The van der Waals surface area contributed by atoms with Crippen LogP contribution in [0.15, 0.2) is 30.3 Å². The van der Waals surface area contributed by atoms with Gasteiger partial charge in [0.25, 0.3) is 0 Å². The Morgan fingerprint density at radius 1 is 1.31 bits per heavy atom. The largest absolute Gasteiger partial charge is 0.416 e. The Morgan fingerprint density at radius 2 is 2.08 bits per heavy atom. The number of rotatable bonds is 5. The summed E-state index contributed by atoms with van der Waals surface area (Å²) in [5, 5.41) is 1.74. The molecule has 1 aliphatic heterocycles. The second-order valence-electron chi connectivity index (χ2n) is 7.04. The van der Waals surface area contributed by atoms with E-state index in [1.165, 1.54) is 17.4 Å². The van der Waals surface area contributed by atoms with Crippen LogP contribution < -0.4 is 10.0 Å². The van der Waals surface area contributed by atoms with Crippen LogP contribution in [0.2, 0.25) is 0 Å². The van der Waals surface area contributed by atoms with Crippen molar-refractivity contribution in [1.29, 1.82) is 0 Å². The van der Waals surface area contributed by atoms with Gasteiger partial charge >= 0.3 is 5.97 Å². The molecule has 2 unspecified atom stereocenters. The molecule has 6 heteroatoms. The number of hydrogen-bond acceptors (Lipinski definition) is 5. The zero-order valence-corrected chi connectivity index (χ0v) is 16.7. The van der Waals surface area contributed by atoms with E-state index in [1.807, 2.05) is 24.3 Å². The second kappa shape index (κ2) is 7.22. The van der Waals surface area contributed by atoms with Crippen molar-refractivity contribution in [2.45, 2.75) is 38.8 Å². The Balaban J connectivity index is 1.63. The summed E-state index contributed by atoms with van der Waals surface area (Å²) in [6.07, 6.45) is 2.92. The zero-order chi connectivity index (χ0) is 18.3. The lowest BCUT2D eigenvalue weighted by atomic mass is 9.95. The van der Waals surface area contributed by atoms with Crippen molar-refractivity contribution in [3.05, 3.63) is 46.3 Å². The molecule has 0 amide bonds. The SMILES string of the molecule is CC(=O)Oc1cc2c(s1)CCN(C(C(=O)C1CC1)c1ccccc1P)C2. The van der Waals surface area contributed by atoms with Crippen LogP contribution in [-0.4, -0.2) is 23.2 Å². The minimum absolute atomic E-state index is 0.193. The summed E-state index contributed by atoms with van der Waals surface area (Å²) in [4.78, 5) is 27.9. The fourth-order valence-corrected chi connectivity index (χ4v) is 5.04. The quantitative estimate of drug-likeness (QED) is 0.584. The normalized spacial score (nSPS) is 18.2. The summed E-state index contributed by atoms with van der Waals surface area (Å²) in [7, 11) is 2.77. The van der Waals surface area contributed by atoms with E-state index < -0.39 is 0 Å². The fourth-order valence-electron chi connectivity index (χ4n) is 3.62. The smallest absolute Gasteiger partial charge is 0.308 e. The van der Waals surface area contributed by atoms with E-state index in [2.05, 4.69) is 20.2 Å². The molecule has 0 radical (unpaired) electrons. The first-order valence-electron chi connectivity index (χ1n) is 8.95. The highest BCUT2D eigenvalue weighted by Crippen LogP contribution is 2.40. The average Bonchev–Trinajstić information content (AvgIpc) is 3.37. The van der Waals surface area contributed by atoms with E-state index in [-0.39, 0.29) is 17.9 Å². The summed E-state index contributed by atoms with van der Waals surface area (Å²) < 4.78 is 5.25. The van der Waals surface area contributed by atoms with Crippen LogP contribution in [0.3, 0.4) is 0 Å². The molecule has 4 nitrogen and oxygen atoms in total. The van der Waals surface area contributed by atoms with E-state index in [0.29, 0.717) is 10.8 Å². The Hall–Kier alpha value is -1.55. The molecule has 1 aromatic carbocycles. The molecule has 2 aliphatic rings. The van der Waals surface area contributed by atoms with Gasteiger partial charge in [0.2, 0.25) is 0 Å². The Kier molecular flexibility index (Phi) is 4.96. The first-order valence-corrected chi connectivity index (χ1v) is 10.3. The average molecular weight is 387 g/mol. The highest BCUT2D eigenvalue weighted by atomic mass is 32.1. The van der Waals surface area contributed by atoms with Gasteiger partial charge in [0.05, 0.1) is 6.04 Å². The van der Waals surface area contributed by atoms with Crippen LogP contribution in [-0.2, 0) is 22.6 Å². The van der Waals surface area contributed by atoms with Gasteiger partial charge in [0.15, 0.2) is 10.8 Å². The monoisotopic (exact) mass is 387 g/mol. The Bertz CT molecular complexity index is 858. The van der Waals surface area contributed by atoms with Gasteiger partial charge in [-0.25, -0.2) is 0 Å². The maximum atomic E-state index is 13.1. The lowest BCUT2D eigenvalue weighted by Crippen LogP contribution is -2.39. The summed E-state index contributed by atoms with van der Waals surface area (Å²) in [5.74, 6) is 0.267. The molecule has 2 heterocycles. The first-order chi connectivity index (χ1) is 12.5. The number of thiophene rings is 1. The van der Waals surface area contributed by atoms with Crippen molar-refractivity contribution in [3.8, 4) is 5.06 Å². The molecule has 1 saturated carbocycles. The number of ketones is 1. The molecule has 1 aromatic heterocycles. The molecule has 0 spiro atoms. The summed E-state index contributed by atoms with van der Waals surface area (Å²) >= 11 is 1.54. The van der Waals surface area contributed by atoms with Gasteiger partial charge in [-0.15, -0.1) is 20.6 Å². The van der Waals surface area contributed by atoms with Crippen LogP contribution in [0.4, 0.5) is 0 Å². The maximum Gasteiger partial charge on any atom is 0.308 e. The van der Waals surface area contributed by atoms with Crippen molar-refractivity contribution < 1.29 is 14.3 Å². The number of benzene rings is 1. The zero-order valence-electron chi connectivity index (χ0n) is 14.7. The predicted molar refractivity (Wildman–Crippen MR) is 106 cm³/mol. The number of esters is 1. The highest BCUT2D eigenvalue weighted by Gasteiger charge is 2.40. The summed E-state index contributed by atoms with van der Waals surface area (Å²) in [5.41, 5.74) is 2.26. The van der Waals surface area contributed by atoms with Crippen LogP contribution >= 0.6 is 20.6 Å². The minimum Gasteiger partial charge on any atom is -0.416 e. The third kappa shape index (κ3) is 3.62. The summed E-state index contributed by atoms with van der Waals surface area (Å²) in [6.45, 7) is 2.98. The molecule has 0 saturated heterocycles. The molecule has 2 atom stereocenters. The van der Waals surface area contributed by atoms with Gasteiger partial charge in [0.1, 0.15) is 0 Å². The third-order valence-electron chi connectivity index (χ3n) is 5.02. The lowest BCUT2D eigenvalue weighted by Gasteiger charge is -2.34. The van der Waals surface area contributed by atoms with Gasteiger partial charge < -0.3 is 4.74 Å². The van der Waals surface area contributed by atoms with E-state index in [9.17, 15) is 9.59 Å². The molecule has 1 fully saturated rings. The van der Waals surface area contributed by atoms with E-state index >= 15 is 0 Å². The standard InChI is InChI=1S/C20H22NO3PS/c1-12(22)24-18-10-14-11-21(9-8-17(14)26-18)19(20(23)13-6-7-13)15-4-2-3-5-16(15)25/h2-5,10,13,19H,6-9,11,25H2,1H3. The number of carbonyl (C=O) groups is 2. The van der Waals surface area contributed by atoms with Gasteiger partial charge in [0, 0.05) is 30.8 Å². The van der Waals surface area contributed by atoms with Crippen LogP contribution in [0.25, 0.3) is 0 Å². The number of Topliss-reactive ketones (excluding diaryl/α,β-unsaturated/α-hetero) is 1. The number of ether oxygens (including phenoxy) is 1. The molecule has 0 bridgehead atoms. The number of carbonyl (C=O) groups excluding carboxylic acids is 2. The molecule has 0 N–H and O–H groups in total. The maximum absolute atomic E-state index is 13.1. The number of fused-ring (bicyclic) bond motifs is 1. The second-order valence-corrected chi connectivity index (χ2v) is 8.76. The Morgan fingerprint density at radius 3 is 2.77 bits per heavy atom. The van der Waals surface area contributed by atoms with Crippen LogP contribution in [0, 0.1) is 5.92 Å². The van der Waals surface area contributed by atoms with Crippen molar-refractivity contribution in [3.63, 3.8) is 0 Å². The van der Waals surface area contributed by atoms with Crippen molar-refractivity contribution >= 4 is 37.6 Å². The molecule has 1 aliphatic carbocycles. The van der Waals surface area contributed by atoms with E-state index in [4.69, 9.17) is 4.74 Å². The van der Waals surface area contributed by atoms with Crippen LogP contribution in [0.5, 0.6) is 5.06 Å². The van der Waals surface area contributed by atoms with Gasteiger partial charge in [-0.1, -0.05) is 24.3 Å². The van der Waals surface area contributed by atoms with Gasteiger partial charge in [-0.05, 0) is 41.8 Å². The van der Waals surface area contributed by atoms with E-state index in [0.717, 1.165) is 43.2 Å². The molecule has 136 valence electrons. The number of nitrogens with zero attached hydrogens (tertiary/aromatic N) is 1. The molecular formula is C20H22NO3PS. The van der Waals surface area contributed by atoms with Crippen LogP contribution in [0.1, 0.15) is 41.8 Å². The molecular weight excluding hydrogens is 365 g/mol. The van der Waals surface area contributed by atoms with Crippen molar-refractivity contribution in [2.75, 3.05) is 6.54 Å². The number of hydrogen-bond donors (Lipinski definition) is 0. The first kappa shape index (κ1) is 17.8. The molecule has 4 rings (SSSR count). The van der Waals surface area contributed by atoms with Gasteiger partial charge in [-0.2, -0.15) is 0 Å². The third-order valence-corrected chi connectivity index (χ3v) is 6.66. The minimum atomic E-state index is -0.292. The molecule has 26 heavy (non-hydrogen) atoms. The molecule has 2 aromatic rings. The summed E-state index contributed by atoms with van der Waals surface area (Å²) in [6, 6.07) is 9.89. The van der Waals surface area contributed by atoms with Crippen molar-refractivity contribution in [2.24, 2.45) is 5.92 Å². The Labute approximate surface area is 159 Å².